The average molecular weight is 690 g/mol. The Bertz CT molecular complexity index is 2270. The molecule has 4 nitrogen and oxygen atoms in total. The van der Waals surface area contributed by atoms with Gasteiger partial charge in [-0.1, -0.05) is 96.0 Å². The van der Waals surface area contributed by atoms with Gasteiger partial charge in [-0.25, -0.2) is 0 Å². The summed E-state index contributed by atoms with van der Waals surface area (Å²) in [6, 6.07) is 44.7. The van der Waals surface area contributed by atoms with E-state index in [1.165, 1.54) is 0 Å². The van der Waals surface area contributed by atoms with Crippen molar-refractivity contribution >= 4 is 44.7 Å². The number of hydrogen-bond acceptors (Lipinski definition) is 4. The van der Waals surface area contributed by atoms with Crippen LogP contribution in [0.25, 0.3) is 54.9 Å². The molecule has 0 atom stereocenters. The zero-order valence-electron chi connectivity index (χ0n) is 26.9. The van der Waals surface area contributed by atoms with Gasteiger partial charge in [0.05, 0.1) is 0 Å². The number of nitrogens with zero attached hydrogens (tertiary/aromatic N) is 2. The van der Waals surface area contributed by atoms with Crippen LogP contribution in [0.2, 0.25) is 10.0 Å². The van der Waals surface area contributed by atoms with Crippen molar-refractivity contribution in [3.8, 4) is 44.9 Å². The van der Waals surface area contributed by atoms with Gasteiger partial charge in [0.15, 0.2) is 0 Å². The standard InChI is InChI=1S/C44H30Cl2N2O2/c45-35-11-13-37-33(23-35)25-39(31-15-19-47-20-16-31)43(49-27-29-7-3-1-4-8-29)41(37)42-38-14-12-36(46)24-34(38)26-40(32-17-21-48-22-18-32)44(42)50-28-30-9-5-2-6-10-30/h1-26H,27-28H2. The molecule has 0 unspecified atom stereocenters. The second-order valence-electron chi connectivity index (χ2n) is 12.0. The number of ether oxygens (including phenoxy) is 2. The first-order valence-corrected chi connectivity index (χ1v) is 17.0. The molecule has 50 heavy (non-hydrogen) atoms. The highest BCUT2D eigenvalue weighted by atomic mass is 35.5. The highest BCUT2D eigenvalue weighted by Crippen LogP contribution is 2.53. The molecule has 0 N–H and O–H groups in total. The van der Waals surface area contributed by atoms with Crippen LogP contribution in [0.1, 0.15) is 11.1 Å². The summed E-state index contributed by atoms with van der Waals surface area (Å²) in [7, 11) is 0. The smallest absolute Gasteiger partial charge is 0.136 e. The van der Waals surface area contributed by atoms with Gasteiger partial charge in [0, 0.05) is 57.1 Å². The molecule has 6 heteroatoms. The monoisotopic (exact) mass is 688 g/mol. The van der Waals surface area contributed by atoms with Crippen molar-refractivity contribution in [3.63, 3.8) is 0 Å². The van der Waals surface area contributed by atoms with Crippen LogP contribution in [-0.4, -0.2) is 9.97 Å². The number of pyridine rings is 2. The van der Waals surface area contributed by atoms with E-state index in [9.17, 15) is 0 Å². The number of aromatic nitrogens is 2. The number of benzene rings is 6. The molecule has 0 aliphatic heterocycles. The van der Waals surface area contributed by atoms with Gasteiger partial charge in [-0.05, 0) is 104 Å². The van der Waals surface area contributed by atoms with Crippen LogP contribution in [0, 0.1) is 0 Å². The summed E-state index contributed by atoms with van der Waals surface area (Å²) in [4.78, 5) is 8.63. The topological polar surface area (TPSA) is 44.2 Å². The van der Waals surface area contributed by atoms with E-state index < -0.39 is 0 Å². The highest BCUT2D eigenvalue weighted by molar-refractivity contribution is 6.32. The van der Waals surface area contributed by atoms with Crippen molar-refractivity contribution in [3.05, 3.63) is 179 Å². The first-order valence-electron chi connectivity index (χ1n) is 16.3. The van der Waals surface area contributed by atoms with Gasteiger partial charge in [-0.2, -0.15) is 0 Å². The predicted octanol–water partition coefficient (Wildman–Crippen LogP) is 12.2. The lowest BCUT2D eigenvalue weighted by atomic mass is 9.86. The van der Waals surface area contributed by atoms with Crippen molar-refractivity contribution < 1.29 is 9.47 Å². The van der Waals surface area contributed by atoms with E-state index in [0.29, 0.717) is 23.3 Å². The fourth-order valence-corrected chi connectivity index (χ4v) is 6.83. The lowest BCUT2D eigenvalue weighted by molar-refractivity contribution is 0.305. The van der Waals surface area contributed by atoms with Gasteiger partial charge in [0.1, 0.15) is 24.7 Å². The van der Waals surface area contributed by atoms with Crippen LogP contribution >= 0.6 is 23.2 Å². The quantitative estimate of drug-likeness (QED) is 0.151. The maximum absolute atomic E-state index is 6.99. The molecule has 0 fully saturated rings. The van der Waals surface area contributed by atoms with Crippen LogP contribution < -0.4 is 9.47 Å². The fourth-order valence-electron chi connectivity index (χ4n) is 6.46. The minimum Gasteiger partial charge on any atom is -0.488 e. The van der Waals surface area contributed by atoms with E-state index in [0.717, 1.165) is 77.6 Å². The van der Waals surface area contributed by atoms with Crippen LogP contribution in [0.15, 0.2) is 158 Å². The third-order valence-corrected chi connectivity index (χ3v) is 9.26. The van der Waals surface area contributed by atoms with Crippen LogP contribution in [0.4, 0.5) is 0 Å². The van der Waals surface area contributed by atoms with E-state index in [2.05, 4.69) is 58.5 Å². The molecule has 0 amide bonds. The number of rotatable bonds is 9. The predicted molar refractivity (Wildman–Crippen MR) is 205 cm³/mol. The third kappa shape index (κ3) is 6.39. The Labute approximate surface area is 300 Å². The summed E-state index contributed by atoms with van der Waals surface area (Å²) in [6.45, 7) is 0.720. The van der Waals surface area contributed by atoms with Crippen molar-refractivity contribution in [2.24, 2.45) is 0 Å². The van der Waals surface area contributed by atoms with Gasteiger partial charge in [0.25, 0.3) is 0 Å². The van der Waals surface area contributed by atoms with Crippen molar-refractivity contribution in [1.29, 1.82) is 0 Å². The van der Waals surface area contributed by atoms with Crippen LogP contribution in [0.3, 0.4) is 0 Å². The van der Waals surface area contributed by atoms with E-state index >= 15 is 0 Å². The number of hydrogen-bond donors (Lipinski definition) is 0. The average Bonchev–Trinajstić information content (AvgIpc) is 3.16. The fraction of sp³-hybridized carbons (Fsp3) is 0.0455. The molecule has 0 aliphatic rings. The van der Waals surface area contributed by atoms with Gasteiger partial charge in [-0.15, -0.1) is 0 Å². The van der Waals surface area contributed by atoms with Crippen molar-refractivity contribution in [2.75, 3.05) is 0 Å². The van der Waals surface area contributed by atoms with E-state index in [1.54, 1.807) is 24.8 Å². The maximum atomic E-state index is 6.99. The second kappa shape index (κ2) is 14.0. The van der Waals surface area contributed by atoms with E-state index in [4.69, 9.17) is 32.7 Å². The molecular weight excluding hydrogens is 659 g/mol. The molecule has 242 valence electrons. The van der Waals surface area contributed by atoms with Gasteiger partial charge < -0.3 is 9.47 Å². The molecule has 0 aliphatic carbocycles. The first-order chi connectivity index (χ1) is 24.6. The Morgan fingerprint density at radius 1 is 0.440 bits per heavy atom. The summed E-state index contributed by atoms with van der Waals surface area (Å²) in [5.74, 6) is 1.45. The summed E-state index contributed by atoms with van der Waals surface area (Å²) in [6.07, 6.45) is 7.20. The zero-order valence-corrected chi connectivity index (χ0v) is 28.4. The van der Waals surface area contributed by atoms with Gasteiger partial charge in [0.2, 0.25) is 0 Å². The van der Waals surface area contributed by atoms with Crippen molar-refractivity contribution in [1.82, 2.24) is 9.97 Å². The Kier molecular flexibility index (Phi) is 8.87. The summed E-state index contributed by atoms with van der Waals surface area (Å²) in [5, 5.41) is 5.18. The molecule has 0 saturated carbocycles. The van der Waals surface area contributed by atoms with Gasteiger partial charge in [-0.3, -0.25) is 9.97 Å². The zero-order chi connectivity index (χ0) is 33.9. The molecule has 2 heterocycles. The minimum atomic E-state index is 0.360. The lowest BCUT2D eigenvalue weighted by Gasteiger charge is -2.24. The highest BCUT2D eigenvalue weighted by Gasteiger charge is 2.26. The molecule has 0 spiro atoms. The molecular formula is C44H30Cl2N2O2. The minimum absolute atomic E-state index is 0.360. The molecule has 0 saturated heterocycles. The van der Waals surface area contributed by atoms with E-state index in [1.807, 2.05) is 84.9 Å². The maximum Gasteiger partial charge on any atom is 0.136 e. The Balaban J connectivity index is 1.50. The Hall–Kier alpha value is -5.68. The first kappa shape index (κ1) is 31.6. The Morgan fingerprint density at radius 3 is 1.24 bits per heavy atom. The summed E-state index contributed by atoms with van der Waals surface area (Å²) < 4.78 is 14.0. The molecule has 8 rings (SSSR count). The summed E-state index contributed by atoms with van der Waals surface area (Å²) in [5.41, 5.74) is 7.67. The number of halogens is 2. The van der Waals surface area contributed by atoms with Crippen LogP contribution in [0.5, 0.6) is 11.5 Å². The van der Waals surface area contributed by atoms with Crippen molar-refractivity contribution in [2.45, 2.75) is 13.2 Å². The van der Waals surface area contributed by atoms with E-state index in [-0.39, 0.29) is 0 Å². The number of fused-ring (bicyclic) bond motifs is 2. The lowest BCUT2D eigenvalue weighted by Crippen LogP contribution is -2.04. The largest absolute Gasteiger partial charge is 0.488 e. The SMILES string of the molecule is Clc1ccc2c(-c3c(OCc4ccccc4)c(-c4ccncc4)cc4cc(Cl)ccc34)c(OCc3ccccc3)c(-c3ccncc3)cc2c1. The molecule has 6 aromatic carbocycles. The van der Waals surface area contributed by atoms with Crippen LogP contribution in [-0.2, 0) is 13.2 Å². The third-order valence-electron chi connectivity index (χ3n) is 8.79. The molecule has 8 aromatic rings. The second-order valence-corrected chi connectivity index (χ2v) is 12.9. The normalized spacial score (nSPS) is 11.2. The Morgan fingerprint density at radius 2 is 0.840 bits per heavy atom. The van der Waals surface area contributed by atoms with Gasteiger partial charge >= 0.3 is 0 Å². The molecule has 2 aromatic heterocycles. The molecule has 0 radical (unpaired) electrons. The summed E-state index contributed by atoms with van der Waals surface area (Å²) >= 11 is 13.4. The molecule has 0 bridgehead atoms.